The van der Waals surface area contributed by atoms with Gasteiger partial charge in [-0.25, -0.2) is 13.1 Å². The van der Waals surface area contributed by atoms with Crippen molar-refractivity contribution >= 4 is 10.0 Å². The molecule has 1 rings (SSSR count). The highest BCUT2D eigenvalue weighted by Gasteiger charge is 2.08. The van der Waals surface area contributed by atoms with Crippen molar-refractivity contribution < 1.29 is 8.42 Å². The molecule has 0 atom stereocenters. The van der Waals surface area contributed by atoms with Crippen molar-refractivity contribution in [3.63, 3.8) is 0 Å². The lowest BCUT2D eigenvalue weighted by molar-refractivity contribution is 0.578. The van der Waals surface area contributed by atoms with Gasteiger partial charge in [-0.05, 0) is 24.8 Å². The van der Waals surface area contributed by atoms with Gasteiger partial charge in [-0.15, -0.1) is 0 Å². The molecule has 0 heterocycles. The first-order chi connectivity index (χ1) is 7.64. The molecule has 1 N–H and O–H groups in total. The van der Waals surface area contributed by atoms with Gasteiger partial charge < -0.3 is 0 Å². The number of benzene rings is 1. The first-order valence-corrected chi connectivity index (χ1v) is 7.30. The maximum absolute atomic E-state index is 11.5. The SMILES string of the molecule is CCCNS(=O)(=O)CCCc1ccccc1. The molecule has 0 unspecified atom stereocenters. The molecule has 0 fully saturated rings. The van der Waals surface area contributed by atoms with Crippen molar-refractivity contribution in [2.75, 3.05) is 12.3 Å². The second-order valence-corrected chi connectivity index (χ2v) is 5.73. The second-order valence-electron chi connectivity index (χ2n) is 3.80. The smallest absolute Gasteiger partial charge is 0.211 e. The van der Waals surface area contributed by atoms with Gasteiger partial charge in [-0.2, -0.15) is 0 Å². The largest absolute Gasteiger partial charge is 0.215 e. The summed E-state index contributed by atoms with van der Waals surface area (Å²) in [6, 6.07) is 9.94. The summed E-state index contributed by atoms with van der Waals surface area (Å²) < 4.78 is 25.5. The van der Waals surface area contributed by atoms with Crippen LogP contribution in [-0.2, 0) is 16.4 Å². The first-order valence-electron chi connectivity index (χ1n) is 5.65. The van der Waals surface area contributed by atoms with E-state index in [2.05, 4.69) is 4.72 Å². The van der Waals surface area contributed by atoms with Crippen molar-refractivity contribution in [1.29, 1.82) is 0 Å². The minimum absolute atomic E-state index is 0.210. The molecule has 16 heavy (non-hydrogen) atoms. The maximum atomic E-state index is 11.5. The van der Waals surface area contributed by atoms with Gasteiger partial charge in [0.1, 0.15) is 0 Å². The van der Waals surface area contributed by atoms with Crippen LogP contribution in [0.25, 0.3) is 0 Å². The summed E-state index contributed by atoms with van der Waals surface area (Å²) in [6.45, 7) is 2.49. The molecule has 0 saturated carbocycles. The fourth-order valence-electron chi connectivity index (χ4n) is 1.44. The summed E-state index contributed by atoms with van der Waals surface area (Å²) in [5.74, 6) is 0.210. The van der Waals surface area contributed by atoms with E-state index in [-0.39, 0.29) is 5.75 Å². The Hall–Kier alpha value is -0.870. The summed E-state index contributed by atoms with van der Waals surface area (Å²) in [5.41, 5.74) is 1.19. The third kappa shape index (κ3) is 5.28. The Morgan fingerprint density at radius 2 is 1.88 bits per heavy atom. The number of sulfonamides is 1. The highest BCUT2D eigenvalue weighted by Crippen LogP contribution is 2.03. The molecule has 0 aromatic heterocycles. The molecule has 0 aliphatic heterocycles. The number of hydrogen-bond acceptors (Lipinski definition) is 2. The molecule has 0 saturated heterocycles. The van der Waals surface area contributed by atoms with Gasteiger partial charge in [0.05, 0.1) is 5.75 Å². The van der Waals surface area contributed by atoms with Crippen LogP contribution in [0.1, 0.15) is 25.3 Å². The van der Waals surface area contributed by atoms with Crippen LogP contribution in [0.15, 0.2) is 30.3 Å². The Morgan fingerprint density at radius 3 is 2.50 bits per heavy atom. The molecule has 0 amide bonds. The van der Waals surface area contributed by atoms with Crippen LogP contribution in [0.4, 0.5) is 0 Å². The topological polar surface area (TPSA) is 46.2 Å². The Balaban J connectivity index is 2.30. The molecule has 0 spiro atoms. The van der Waals surface area contributed by atoms with E-state index < -0.39 is 10.0 Å². The molecule has 90 valence electrons. The molecule has 0 aliphatic rings. The molecular formula is C12H19NO2S. The zero-order valence-corrected chi connectivity index (χ0v) is 10.5. The summed E-state index contributed by atoms with van der Waals surface area (Å²) in [6.07, 6.45) is 2.31. The van der Waals surface area contributed by atoms with E-state index in [0.717, 1.165) is 12.8 Å². The molecule has 1 aromatic rings. The lowest BCUT2D eigenvalue weighted by Crippen LogP contribution is -2.27. The molecule has 4 heteroatoms. The van der Waals surface area contributed by atoms with E-state index >= 15 is 0 Å². The number of aryl methyl sites for hydroxylation is 1. The standard InChI is InChI=1S/C12H19NO2S/c1-2-10-13-16(14,15)11-6-9-12-7-4-3-5-8-12/h3-5,7-8,13H,2,6,9-11H2,1H3. The van der Waals surface area contributed by atoms with E-state index in [4.69, 9.17) is 0 Å². The Kier molecular flexibility index (Phi) is 5.49. The van der Waals surface area contributed by atoms with Crippen molar-refractivity contribution in [1.82, 2.24) is 4.72 Å². The predicted molar refractivity (Wildman–Crippen MR) is 66.8 cm³/mol. The average Bonchev–Trinajstić information content (AvgIpc) is 2.28. The van der Waals surface area contributed by atoms with Gasteiger partial charge in [-0.1, -0.05) is 37.3 Å². The van der Waals surface area contributed by atoms with Crippen molar-refractivity contribution in [3.05, 3.63) is 35.9 Å². The van der Waals surface area contributed by atoms with Crippen LogP contribution >= 0.6 is 0 Å². The fourth-order valence-corrected chi connectivity index (χ4v) is 2.62. The summed E-state index contributed by atoms with van der Waals surface area (Å²) in [7, 11) is -3.06. The quantitative estimate of drug-likeness (QED) is 0.793. The molecule has 3 nitrogen and oxygen atoms in total. The Labute approximate surface area is 97.9 Å². The average molecular weight is 241 g/mol. The van der Waals surface area contributed by atoms with Crippen molar-refractivity contribution in [2.45, 2.75) is 26.2 Å². The molecule has 0 aliphatic carbocycles. The normalized spacial score (nSPS) is 11.6. The van der Waals surface area contributed by atoms with E-state index in [1.807, 2.05) is 37.3 Å². The van der Waals surface area contributed by atoms with Crippen molar-refractivity contribution in [2.24, 2.45) is 0 Å². The third-order valence-electron chi connectivity index (χ3n) is 2.29. The molecule has 0 radical (unpaired) electrons. The van der Waals surface area contributed by atoms with Crippen LogP contribution in [0.5, 0.6) is 0 Å². The van der Waals surface area contributed by atoms with E-state index in [9.17, 15) is 8.42 Å². The molecular weight excluding hydrogens is 222 g/mol. The van der Waals surface area contributed by atoms with Crippen LogP contribution in [0.2, 0.25) is 0 Å². The lowest BCUT2D eigenvalue weighted by atomic mass is 10.1. The molecule has 0 bridgehead atoms. The van der Waals surface area contributed by atoms with Crippen LogP contribution in [-0.4, -0.2) is 20.7 Å². The van der Waals surface area contributed by atoms with E-state index in [0.29, 0.717) is 13.0 Å². The highest BCUT2D eigenvalue weighted by molar-refractivity contribution is 7.89. The number of hydrogen-bond donors (Lipinski definition) is 1. The maximum Gasteiger partial charge on any atom is 0.211 e. The summed E-state index contributed by atoms with van der Waals surface area (Å²) in [5, 5.41) is 0. The lowest BCUT2D eigenvalue weighted by Gasteiger charge is -2.05. The summed E-state index contributed by atoms with van der Waals surface area (Å²) >= 11 is 0. The van der Waals surface area contributed by atoms with Gasteiger partial charge in [0.25, 0.3) is 0 Å². The summed E-state index contributed by atoms with van der Waals surface area (Å²) in [4.78, 5) is 0. The van der Waals surface area contributed by atoms with Gasteiger partial charge in [0.2, 0.25) is 10.0 Å². The zero-order valence-electron chi connectivity index (χ0n) is 9.65. The monoisotopic (exact) mass is 241 g/mol. The second kappa shape index (κ2) is 6.66. The predicted octanol–water partition coefficient (Wildman–Crippen LogP) is 1.95. The van der Waals surface area contributed by atoms with Gasteiger partial charge in [0.15, 0.2) is 0 Å². The van der Waals surface area contributed by atoms with Gasteiger partial charge in [0, 0.05) is 6.54 Å². The van der Waals surface area contributed by atoms with Crippen LogP contribution in [0.3, 0.4) is 0 Å². The number of nitrogens with one attached hydrogen (secondary N) is 1. The minimum Gasteiger partial charge on any atom is -0.215 e. The minimum atomic E-state index is -3.06. The highest BCUT2D eigenvalue weighted by atomic mass is 32.2. The zero-order chi connectivity index (χ0) is 11.9. The Morgan fingerprint density at radius 1 is 1.19 bits per heavy atom. The van der Waals surface area contributed by atoms with E-state index in [1.54, 1.807) is 0 Å². The van der Waals surface area contributed by atoms with Gasteiger partial charge >= 0.3 is 0 Å². The van der Waals surface area contributed by atoms with Crippen molar-refractivity contribution in [3.8, 4) is 0 Å². The van der Waals surface area contributed by atoms with Crippen LogP contribution in [0, 0.1) is 0 Å². The van der Waals surface area contributed by atoms with Crippen LogP contribution < -0.4 is 4.72 Å². The fraction of sp³-hybridized carbons (Fsp3) is 0.500. The first kappa shape index (κ1) is 13.2. The third-order valence-corrected chi connectivity index (χ3v) is 3.76. The Bertz CT molecular complexity index is 387. The molecule has 1 aromatic carbocycles. The van der Waals surface area contributed by atoms with Gasteiger partial charge in [-0.3, -0.25) is 0 Å². The number of rotatable bonds is 7. The van der Waals surface area contributed by atoms with E-state index in [1.165, 1.54) is 5.56 Å².